The van der Waals surface area contributed by atoms with Gasteiger partial charge in [-0.15, -0.1) is 0 Å². The monoisotopic (exact) mass is 335 g/mol. The van der Waals surface area contributed by atoms with Gasteiger partial charge < -0.3 is 14.4 Å². The highest BCUT2D eigenvalue weighted by Crippen LogP contribution is 2.19. The van der Waals surface area contributed by atoms with Gasteiger partial charge in [0.2, 0.25) is 5.91 Å². The van der Waals surface area contributed by atoms with E-state index in [4.69, 9.17) is 9.47 Å². The largest absolute Gasteiger partial charge is 0.376 e. The molecular weight excluding hydrogens is 306 g/mol. The number of carbonyl (C=O) groups is 1. The van der Waals surface area contributed by atoms with E-state index >= 15 is 0 Å². The first-order valence-electron chi connectivity index (χ1n) is 9.15. The fraction of sp³-hybridized carbons (Fsp3) is 0.778. The molecular formula is C18H29N3O3. The smallest absolute Gasteiger partial charge is 0.222 e. The molecule has 1 aromatic rings. The molecule has 0 aromatic carbocycles. The molecule has 2 aliphatic heterocycles. The number of aromatic nitrogens is 2. The van der Waals surface area contributed by atoms with Gasteiger partial charge in [-0.25, -0.2) is 0 Å². The number of hydrogen-bond acceptors (Lipinski definition) is 4. The first kappa shape index (κ1) is 17.4. The maximum Gasteiger partial charge on any atom is 0.222 e. The molecule has 0 spiro atoms. The van der Waals surface area contributed by atoms with Crippen LogP contribution in [0.15, 0.2) is 0 Å². The van der Waals surface area contributed by atoms with E-state index in [0.717, 1.165) is 63.2 Å². The quantitative estimate of drug-likeness (QED) is 0.865. The molecule has 1 N–H and O–H groups in total. The molecule has 2 saturated heterocycles. The van der Waals surface area contributed by atoms with E-state index in [1.54, 1.807) is 0 Å². The van der Waals surface area contributed by atoms with Crippen molar-refractivity contribution >= 4 is 5.91 Å². The number of hydrogen-bond donors (Lipinski definition) is 1. The average Bonchev–Trinajstić information content (AvgIpc) is 3.22. The Morgan fingerprint density at radius 2 is 2.12 bits per heavy atom. The molecule has 0 radical (unpaired) electrons. The van der Waals surface area contributed by atoms with Crippen molar-refractivity contribution in [3.63, 3.8) is 0 Å². The lowest BCUT2D eigenvalue weighted by molar-refractivity contribution is -0.134. The maximum atomic E-state index is 12.4. The summed E-state index contributed by atoms with van der Waals surface area (Å²) in [4.78, 5) is 14.4. The number of aryl methyl sites for hydroxylation is 2. The topological polar surface area (TPSA) is 67.5 Å². The minimum absolute atomic E-state index is 0.243. The maximum absolute atomic E-state index is 12.4. The molecule has 0 aliphatic carbocycles. The average molecular weight is 335 g/mol. The van der Waals surface area contributed by atoms with Crippen LogP contribution in [-0.2, 0) is 20.7 Å². The van der Waals surface area contributed by atoms with Gasteiger partial charge in [-0.3, -0.25) is 9.89 Å². The van der Waals surface area contributed by atoms with E-state index < -0.39 is 0 Å². The Morgan fingerprint density at radius 1 is 1.33 bits per heavy atom. The number of piperidine rings is 1. The van der Waals surface area contributed by atoms with Crippen molar-refractivity contribution in [1.29, 1.82) is 0 Å². The minimum Gasteiger partial charge on any atom is -0.376 e. The lowest BCUT2D eigenvalue weighted by Crippen LogP contribution is -2.41. The first-order chi connectivity index (χ1) is 11.6. The van der Waals surface area contributed by atoms with Crippen LogP contribution < -0.4 is 0 Å². The van der Waals surface area contributed by atoms with Gasteiger partial charge in [0.25, 0.3) is 0 Å². The molecule has 2 fully saturated rings. The highest BCUT2D eigenvalue weighted by Gasteiger charge is 2.25. The van der Waals surface area contributed by atoms with Gasteiger partial charge in [-0.1, -0.05) is 0 Å². The predicted octanol–water partition coefficient (Wildman–Crippen LogP) is 2.15. The summed E-state index contributed by atoms with van der Waals surface area (Å²) < 4.78 is 11.6. The SMILES string of the molecule is Cc1n[nH]c(C)c1CCC(=O)N1CCC(OCC2CCCO2)CC1. The summed E-state index contributed by atoms with van der Waals surface area (Å²) in [6, 6.07) is 0. The molecule has 1 atom stereocenters. The van der Waals surface area contributed by atoms with E-state index in [9.17, 15) is 4.79 Å². The van der Waals surface area contributed by atoms with Crippen LogP contribution in [0.5, 0.6) is 0 Å². The van der Waals surface area contributed by atoms with E-state index in [1.165, 1.54) is 5.56 Å². The van der Waals surface area contributed by atoms with Crippen molar-refractivity contribution < 1.29 is 14.3 Å². The molecule has 24 heavy (non-hydrogen) atoms. The highest BCUT2D eigenvalue weighted by atomic mass is 16.5. The Hall–Kier alpha value is -1.40. The Bertz CT molecular complexity index is 524. The van der Waals surface area contributed by atoms with Gasteiger partial charge in [-0.2, -0.15) is 5.10 Å². The molecule has 3 heterocycles. The van der Waals surface area contributed by atoms with E-state index in [2.05, 4.69) is 10.2 Å². The lowest BCUT2D eigenvalue weighted by Gasteiger charge is -2.32. The summed E-state index contributed by atoms with van der Waals surface area (Å²) in [7, 11) is 0. The summed E-state index contributed by atoms with van der Waals surface area (Å²) in [6.45, 7) is 7.18. The Balaban J connectivity index is 1.37. The summed E-state index contributed by atoms with van der Waals surface area (Å²) in [6.07, 6.45) is 6.01. The van der Waals surface area contributed by atoms with Crippen LogP contribution in [0.1, 0.15) is 49.1 Å². The second kappa shape index (κ2) is 8.12. The van der Waals surface area contributed by atoms with Gasteiger partial charge in [-0.05, 0) is 51.5 Å². The van der Waals surface area contributed by atoms with E-state index in [1.807, 2.05) is 18.7 Å². The molecule has 2 aliphatic rings. The molecule has 1 amide bonds. The third-order valence-corrected chi connectivity index (χ3v) is 5.21. The number of ether oxygens (including phenoxy) is 2. The van der Waals surface area contributed by atoms with Crippen molar-refractivity contribution in [2.45, 2.75) is 64.6 Å². The molecule has 0 saturated carbocycles. The fourth-order valence-electron chi connectivity index (χ4n) is 3.62. The van der Waals surface area contributed by atoms with Gasteiger partial charge in [0.05, 0.1) is 24.5 Å². The zero-order chi connectivity index (χ0) is 16.9. The van der Waals surface area contributed by atoms with Gasteiger partial charge in [0.1, 0.15) is 0 Å². The standard InChI is InChI=1S/C18H29N3O3/c1-13-17(14(2)20-19-13)5-6-18(22)21-9-7-15(8-10-21)24-12-16-4-3-11-23-16/h15-16H,3-12H2,1-2H3,(H,19,20). The molecule has 134 valence electrons. The van der Waals surface area contributed by atoms with Crippen LogP contribution in [0, 0.1) is 13.8 Å². The molecule has 6 heteroatoms. The van der Waals surface area contributed by atoms with Gasteiger partial charge >= 0.3 is 0 Å². The molecule has 6 nitrogen and oxygen atoms in total. The number of aromatic amines is 1. The lowest BCUT2D eigenvalue weighted by atomic mass is 10.0. The zero-order valence-electron chi connectivity index (χ0n) is 14.8. The van der Waals surface area contributed by atoms with Crippen molar-refractivity contribution in [1.82, 2.24) is 15.1 Å². The van der Waals surface area contributed by atoms with Crippen molar-refractivity contribution in [3.05, 3.63) is 17.0 Å². The number of H-pyrrole nitrogens is 1. The van der Waals surface area contributed by atoms with E-state index in [0.29, 0.717) is 13.0 Å². The zero-order valence-corrected chi connectivity index (χ0v) is 14.8. The van der Waals surface area contributed by atoms with Crippen molar-refractivity contribution in [2.24, 2.45) is 0 Å². The summed E-state index contributed by atoms with van der Waals surface area (Å²) in [5, 5.41) is 7.17. The molecule has 0 bridgehead atoms. The third-order valence-electron chi connectivity index (χ3n) is 5.21. The fourth-order valence-corrected chi connectivity index (χ4v) is 3.62. The number of likely N-dealkylation sites (tertiary alicyclic amines) is 1. The summed E-state index contributed by atoms with van der Waals surface area (Å²) in [5.41, 5.74) is 3.25. The number of rotatable bonds is 6. The van der Waals surface area contributed by atoms with E-state index in [-0.39, 0.29) is 18.1 Å². The highest BCUT2D eigenvalue weighted by molar-refractivity contribution is 5.76. The number of nitrogens with one attached hydrogen (secondary N) is 1. The minimum atomic E-state index is 0.243. The first-order valence-corrected chi connectivity index (χ1v) is 9.15. The number of amides is 1. The van der Waals surface area contributed by atoms with Crippen LogP contribution in [0.3, 0.4) is 0 Å². The van der Waals surface area contributed by atoms with Crippen molar-refractivity contribution in [3.8, 4) is 0 Å². The Labute approximate surface area is 143 Å². The Kier molecular flexibility index (Phi) is 5.89. The van der Waals surface area contributed by atoms with Crippen LogP contribution >= 0.6 is 0 Å². The normalized spacial score (nSPS) is 22.2. The predicted molar refractivity (Wildman–Crippen MR) is 90.9 cm³/mol. The second-order valence-electron chi connectivity index (χ2n) is 6.96. The number of nitrogens with zero attached hydrogens (tertiary/aromatic N) is 2. The summed E-state index contributed by atoms with van der Waals surface area (Å²) in [5.74, 6) is 0.243. The van der Waals surface area contributed by atoms with Gasteiger partial charge in [0.15, 0.2) is 0 Å². The Morgan fingerprint density at radius 3 is 2.75 bits per heavy atom. The second-order valence-corrected chi connectivity index (χ2v) is 6.96. The molecule has 3 rings (SSSR count). The third kappa shape index (κ3) is 4.36. The molecule has 1 unspecified atom stereocenters. The molecule has 1 aromatic heterocycles. The van der Waals surface area contributed by atoms with Crippen LogP contribution in [0.25, 0.3) is 0 Å². The van der Waals surface area contributed by atoms with Gasteiger partial charge in [0, 0.05) is 31.8 Å². The van der Waals surface area contributed by atoms with Crippen LogP contribution in [-0.4, -0.2) is 59.5 Å². The summed E-state index contributed by atoms with van der Waals surface area (Å²) >= 11 is 0. The van der Waals surface area contributed by atoms with Crippen LogP contribution in [0.2, 0.25) is 0 Å². The van der Waals surface area contributed by atoms with Crippen LogP contribution in [0.4, 0.5) is 0 Å². The van der Waals surface area contributed by atoms with Crippen molar-refractivity contribution in [2.75, 3.05) is 26.3 Å². The number of carbonyl (C=O) groups excluding carboxylic acids is 1.